The van der Waals surface area contributed by atoms with Crippen LogP contribution in [0, 0.1) is 6.92 Å². The Kier molecular flexibility index (Phi) is 4.24. The Morgan fingerprint density at radius 1 is 1.26 bits per heavy atom. The third-order valence-corrected chi connectivity index (χ3v) is 5.02. The SMILES string of the molecule is Cc1cccc(CCC(=O)N2CCS(=O)(=O)CC2)c1. The van der Waals surface area contributed by atoms with Crippen molar-refractivity contribution < 1.29 is 13.2 Å². The molecule has 5 heteroatoms. The zero-order chi connectivity index (χ0) is 13.9. The topological polar surface area (TPSA) is 54.5 Å². The van der Waals surface area contributed by atoms with Gasteiger partial charge in [-0.3, -0.25) is 4.79 Å². The van der Waals surface area contributed by atoms with Crippen LogP contribution in [0.15, 0.2) is 24.3 Å². The highest BCUT2D eigenvalue weighted by atomic mass is 32.2. The molecule has 1 aliphatic rings. The number of rotatable bonds is 3. The number of hydrogen-bond donors (Lipinski definition) is 0. The van der Waals surface area contributed by atoms with E-state index in [0.717, 1.165) is 5.56 Å². The normalized spacial score (nSPS) is 18.3. The van der Waals surface area contributed by atoms with Crippen molar-refractivity contribution in [3.05, 3.63) is 35.4 Å². The first-order chi connectivity index (χ1) is 8.96. The lowest BCUT2D eigenvalue weighted by Crippen LogP contribution is -2.43. The van der Waals surface area contributed by atoms with Crippen molar-refractivity contribution >= 4 is 15.7 Å². The average Bonchev–Trinajstić information content (AvgIpc) is 2.36. The molecule has 1 saturated heterocycles. The molecule has 1 heterocycles. The van der Waals surface area contributed by atoms with E-state index in [1.165, 1.54) is 5.56 Å². The lowest BCUT2D eigenvalue weighted by atomic mass is 10.1. The van der Waals surface area contributed by atoms with Crippen LogP contribution in [-0.2, 0) is 21.1 Å². The van der Waals surface area contributed by atoms with Crippen molar-refractivity contribution in [3.8, 4) is 0 Å². The van der Waals surface area contributed by atoms with E-state index in [-0.39, 0.29) is 17.4 Å². The van der Waals surface area contributed by atoms with Crippen LogP contribution in [0.1, 0.15) is 17.5 Å². The minimum absolute atomic E-state index is 0.0522. The van der Waals surface area contributed by atoms with Gasteiger partial charge in [0.25, 0.3) is 0 Å². The summed E-state index contributed by atoms with van der Waals surface area (Å²) in [5, 5.41) is 0. The molecule has 1 aliphatic heterocycles. The van der Waals surface area contributed by atoms with Crippen molar-refractivity contribution in [1.82, 2.24) is 4.90 Å². The molecule has 0 spiro atoms. The van der Waals surface area contributed by atoms with Crippen LogP contribution in [0.3, 0.4) is 0 Å². The zero-order valence-corrected chi connectivity index (χ0v) is 11.9. The highest BCUT2D eigenvalue weighted by Gasteiger charge is 2.24. The second-order valence-corrected chi connectivity index (χ2v) is 7.33. The van der Waals surface area contributed by atoms with Gasteiger partial charge in [0.05, 0.1) is 11.5 Å². The summed E-state index contributed by atoms with van der Waals surface area (Å²) in [5.41, 5.74) is 2.34. The molecule has 1 aromatic rings. The molecule has 0 aromatic heterocycles. The Balaban J connectivity index is 1.85. The first-order valence-electron chi connectivity index (χ1n) is 6.50. The summed E-state index contributed by atoms with van der Waals surface area (Å²) in [4.78, 5) is 13.7. The van der Waals surface area contributed by atoms with Gasteiger partial charge in [0, 0.05) is 19.5 Å². The van der Waals surface area contributed by atoms with Crippen LogP contribution >= 0.6 is 0 Å². The second-order valence-electron chi connectivity index (χ2n) is 5.02. The smallest absolute Gasteiger partial charge is 0.222 e. The summed E-state index contributed by atoms with van der Waals surface area (Å²) in [5.74, 6) is 0.253. The van der Waals surface area contributed by atoms with E-state index in [9.17, 15) is 13.2 Å². The summed E-state index contributed by atoms with van der Waals surface area (Å²) in [6, 6.07) is 8.11. The van der Waals surface area contributed by atoms with E-state index in [1.54, 1.807) is 4.90 Å². The van der Waals surface area contributed by atoms with Gasteiger partial charge in [0.15, 0.2) is 9.84 Å². The third-order valence-electron chi connectivity index (χ3n) is 3.41. The van der Waals surface area contributed by atoms with E-state index < -0.39 is 9.84 Å². The standard InChI is InChI=1S/C14H19NO3S/c1-12-3-2-4-13(11-12)5-6-14(16)15-7-9-19(17,18)10-8-15/h2-4,11H,5-10H2,1H3. The molecule has 0 unspecified atom stereocenters. The largest absolute Gasteiger partial charge is 0.341 e. The lowest BCUT2D eigenvalue weighted by Gasteiger charge is -2.26. The Morgan fingerprint density at radius 2 is 1.95 bits per heavy atom. The number of carbonyl (C=O) groups excluding carboxylic acids is 1. The summed E-state index contributed by atoms with van der Waals surface area (Å²) in [6.45, 7) is 2.71. The first kappa shape index (κ1) is 14.1. The van der Waals surface area contributed by atoms with Crippen LogP contribution in [0.2, 0.25) is 0 Å². The molecule has 1 amide bonds. The minimum atomic E-state index is -2.92. The lowest BCUT2D eigenvalue weighted by molar-refractivity contribution is -0.130. The van der Waals surface area contributed by atoms with Crippen molar-refractivity contribution in [2.75, 3.05) is 24.6 Å². The molecule has 0 radical (unpaired) electrons. The Labute approximate surface area is 114 Å². The van der Waals surface area contributed by atoms with Crippen LogP contribution in [0.25, 0.3) is 0 Å². The van der Waals surface area contributed by atoms with Crippen LogP contribution in [-0.4, -0.2) is 43.8 Å². The van der Waals surface area contributed by atoms with Crippen molar-refractivity contribution in [2.45, 2.75) is 19.8 Å². The number of amides is 1. The Hall–Kier alpha value is -1.36. The van der Waals surface area contributed by atoms with Crippen molar-refractivity contribution in [2.24, 2.45) is 0 Å². The van der Waals surface area contributed by atoms with Crippen LogP contribution in [0.4, 0.5) is 0 Å². The third kappa shape index (κ3) is 4.06. The van der Waals surface area contributed by atoms with E-state index in [2.05, 4.69) is 6.07 Å². The highest BCUT2D eigenvalue weighted by Crippen LogP contribution is 2.10. The molecule has 0 aliphatic carbocycles. The van der Waals surface area contributed by atoms with E-state index >= 15 is 0 Å². The summed E-state index contributed by atoms with van der Waals surface area (Å²) in [7, 11) is -2.92. The monoisotopic (exact) mass is 281 g/mol. The van der Waals surface area contributed by atoms with Gasteiger partial charge >= 0.3 is 0 Å². The number of aryl methyl sites for hydroxylation is 2. The average molecular weight is 281 g/mol. The quantitative estimate of drug-likeness (QED) is 0.836. The van der Waals surface area contributed by atoms with Gasteiger partial charge in [-0.25, -0.2) is 8.42 Å². The fraction of sp³-hybridized carbons (Fsp3) is 0.500. The highest BCUT2D eigenvalue weighted by molar-refractivity contribution is 7.91. The maximum absolute atomic E-state index is 12.0. The van der Waals surface area contributed by atoms with E-state index in [4.69, 9.17) is 0 Å². The van der Waals surface area contributed by atoms with Gasteiger partial charge in [-0.15, -0.1) is 0 Å². The molecule has 0 atom stereocenters. The number of sulfone groups is 1. The number of nitrogens with zero attached hydrogens (tertiary/aromatic N) is 1. The summed E-state index contributed by atoms with van der Waals surface area (Å²) in [6.07, 6.45) is 1.16. The fourth-order valence-electron chi connectivity index (χ4n) is 2.24. The van der Waals surface area contributed by atoms with E-state index in [0.29, 0.717) is 25.9 Å². The molecule has 104 valence electrons. The molecule has 0 bridgehead atoms. The first-order valence-corrected chi connectivity index (χ1v) is 8.32. The second kappa shape index (κ2) is 5.74. The zero-order valence-electron chi connectivity index (χ0n) is 11.1. The maximum atomic E-state index is 12.0. The molecule has 4 nitrogen and oxygen atoms in total. The molecule has 1 aromatic carbocycles. The Bertz CT molecular complexity index is 552. The summed E-state index contributed by atoms with van der Waals surface area (Å²) >= 11 is 0. The molecule has 19 heavy (non-hydrogen) atoms. The Morgan fingerprint density at radius 3 is 2.58 bits per heavy atom. The predicted octanol–water partition coefficient (Wildman–Crippen LogP) is 1.18. The van der Waals surface area contributed by atoms with Crippen LogP contribution in [0.5, 0.6) is 0 Å². The number of hydrogen-bond acceptors (Lipinski definition) is 3. The molecule has 1 fully saturated rings. The van der Waals surface area contributed by atoms with Crippen LogP contribution < -0.4 is 0 Å². The molecular weight excluding hydrogens is 262 g/mol. The van der Waals surface area contributed by atoms with Gasteiger partial charge < -0.3 is 4.90 Å². The molecule has 2 rings (SSSR count). The fourth-order valence-corrected chi connectivity index (χ4v) is 3.44. The van der Waals surface area contributed by atoms with E-state index in [1.807, 2.05) is 25.1 Å². The van der Waals surface area contributed by atoms with Gasteiger partial charge in [0.2, 0.25) is 5.91 Å². The molecular formula is C14H19NO3S. The van der Waals surface area contributed by atoms with Crippen molar-refractivity contribution in [3.63, 3.8) is 0 Å². The summed E-state index contributed by atoms with van der Waals surface area (Å²) < 4.78 is 22.6. The van der Waals surface area contributed by atoms with Gasteiger partial charge in [-0.05, 0) is 18.9 Å². The number of carbonyl (C=O) groups is 1. The predicted molar refractivity (Wildman–Crippen MR) is 74.7 cm³/mol. The van der Waals surface area contributed by atoms with Gasteiger partial charge in [-0.2, -0.15) is 0 Å². The number of benzene rings is 1. The molecule has 0 N–H and O–H groups in total. The van der Waals surface area contributed by atoms with Gasteiger partial charge in [-0.1, -0.05) is 29.8 Å². The van der Waals surface area contributed by atoms with Crippen molar-refractivity contribution in [1.29, 1.82) is 0 Å². The molecule has 0 saturated carbocycles. The maximum Gasteiger partial charge on any atom is 0.222 e. The van der Waals surface area contributed by atoms with Gasteiger partial charge in [0.1, 0.15) is 0 Å². The minimum Gasteiger partial charge on any atom is -0.341 e.